The first kappa shape index (κ1) is 24.2. The van der Waals surface area contributed by atoms with E-state index in [0.29, 0.717) is 31.0 Å². The molecule has 1 atom stereocenters. The third-order valence-electron chi connectivity index (χ3n) is 5.46. The smallest absolute Gasteiger partial charge is 0.269 e. The normalized spacial score (nSPS) is 15.8. The minimum atomic E-state index is -0.476. The van der Waals surface area contributed by atoms with Crippen LogP contribution < -0.4 is 0 Å². The number of nitro groups is 1. The monoisotopic (exact) mass is 455 g/mol. The predicted octanol–water partition coefficient (Wildman–Crippen LogP) is 3.65. The maximum atomic E-state index is 13.2. The van der Waals surface area contributed by atoms with Crippen molar-refractivity contribution < 1.29 is 23.7 Å². The average Bonchev–Trinajstić information content (AvgIpc) is 3.49. The molecule has 9 nitrogen and oxygen atoms in total. The molecule has 0 radical (unpaired) electrons. The van der Waals surface area contributed by atoms with Crippen molar-refractivity contribution >= 4 is 23.6 Å². The van der Waals surface area contributed by atoms with Crippen LogP contribution in [-0.2, 0) is 20.9 Å². The molecule has 1 fully saturated rings. The summed E-state index contributed by atoms with van der Waals surface area (Å²) in [6.45, 7) is 5.07. The fourth-order valence-electron chi connectivity index (χ4n) is 3.61. The van der Waals surface area contributed by atoms with E-state index in [-0.39, 0.29) is 36.2 Å². The summed E-state index contributed by atoms with van der Waals surface area (Å²) in [5.74, 6) is 0.168. The zero-order chi connectivity index (χ0) is 23.8. The molecule has 0 spiro atoms. The van der Waals surface area contributed by atoms with Crippen molar-refractivity contribution in [2.75, 3.05) is 19.7 Å². The standard InChI is InChI=1S/C24H29N3O6/c1-18(2)26(23(28)12-9-19-7-10-20(11-8-19)27(30)31)17-24(29)25(15-21-5-3-13-32-21)16-22-6-4-14-33-22/h3,5,7-13,18,22H,4,6,14-17H2,1-2H3. The van der Waals surface area contributed by atoms with Crippen molar-refractivity contribution in [3.8, 4) is 0 Å². The number of non-ortho nitro benzene ring substituents is 1. The molecule has 3 rings (SSSR count). The van der Waals surface area contributed by atoms with E-state index < -0.39 is 4.92 Å². The molecule has 2 aromatic rings. The van der Waals surface area contributed by atoms with E-state index in [1.54, 1.807) is 35.4 Å². The van der Waals surface area contributed by atoms with Gasteiger partial charge in [0.05, 0.1) is 23.8 Å². The van der Waals surface area contributed by atoms with Crippen LogP contribution in [0, 0.1) is 10.1 Å². The summed E-state index contributed by atoms with van der Waals surface area (Å²) < 4.78 is 11.1. The van der Waals surface area contributed by atoms with E-state index in [9.17, 15) is 19.7 Å². The van der Waals surface area contributed by atoms with Gasteiger partial charge in [-0.25, -0.2) is 0 Å². The van der Waals surface area contributed by atoms with Gasteiger partial charge >= 0.3 is 0 Å². The fraction of sp³-hybridized carbons (Fsp3) is 0.417. The number of carbonyl (C=O) groups excluding carboxylic acids is 2. The number of rotatable bonds is 10. The molecule has 9 heteroatoms. The Balaban J connectivity index is 1.67. The highest BCUT2D eigenvalue weighted by Crippen LogP contribution is 2.17. The summed E-state index contributed by atoms with van der Waals surface area (Å²) in [4.78, 5) is 39.6. The lowest BCUT2D eigenvalue weighted by Crippen LogP contribution is -2.46. The van der Waals surface area contributed by atoms with Crippen LogP contribution in [0.4, 0.5) is 5.69 Å². The SMILES string of the molecule is CC(C)N(CC(=O)N(Cc1ccco1)CC1CCCO1)C(=O)C=Cc1ccc([N+](=O)[O-])cc1. The number of nitro benzene ring substituents is 1. The molecule has 0 aliphatic carbocycles. The van der Waals surface area contributed by atoms with Crippen molar-refractivity contribution in [3.63, 3.8) is 0 Å². The summed E-state index contributed by atoms with van der Waals surface area (Å²) in [5, 5.41) is 10.8. The Bertz CT molecular complexity index is 963. The van der Waals surface area contributed by atoms with Gasteiger partial charge in [0.15, 0.2) is 0 Å². The second-order valence-electron chi connectivity index (χ2n) is 8.23. The minimum absolute atomic E-state index is 0.0178. The molecule has 1 unspecified atom stereocenters. The molecule has 1 aliphatic heterocycles. The third kappa shape index (κ3) is 7.01. The van der Waals surface area contributed by atoms with Crippen molar-refractivity contribution in [1.82, 2.24) is 9.80 Å². The number of amides is 2. The molecule has 1 aromatic carbocycles. The Labute approximate surface area is 192 Å². The van der Waals surface area contributed by atoms with Crippen LogP contribution in [0.1, 0.15) is 38.0 Å². The molecular weight excluding hydrogens is 426 g/mol. The van der Waals surface area contributed by atoms with Gasteiger partial charge in [0.2, 0.25) is 11.8 Å². The lowest BCUT2D eigenvalue weighted by atomic mass is 10.2. The average molecular weight is 456 g/mol. The molecule has 0 saturated carbocycles. The highest BCUT2D eigenvalue weighted by molar-refractivity contribution is 5.94. The lowest BCUT2D eigenvalue weighted by molar-refractivity contribution is -0.384. The Kier molecular flexibility index (Phi) is 8.37. The van der Waals surface area contributed by atoms with Gasteiger partial charge in [-0.05, 0) is 62.6 Å². The molecule has 33 heavy (non-hydrogen) atoms. The van der Waals surface area contributed by atoms with Gasteiger partial charge in [-0.2, -0.15) is 0 Å². The Morgan fingerprint density at radius 2 is 2.00 bits per heavy atom. The summed E-state index contributed by atoms with van der Waals surface area (Å²) in [7, 11) is 0. The second kappa shape index (κ2) is 11.4. The fourth-order valence-corrected chi connectivity index (χ4v) is 3.61. The Morgan fingerprint density at radius 3 is 2.58 bits per heavy atom. The maximum absolute atomic E-state index is 13.2. The van der Waals surface area contributed by atoms with Crippen molar-refractivity contribution in [1.29, 1.82) is 0 Å². The third-order valence-corrected chi connectivity index (χ3v) is 5.46. The number of benzene rings is 1. The summed E-state index contributed by atoms with van der Waals surface area (Å²) in [6, 6.07) is 9.29. The first-order valence-corrected chi connectivity index (χ1v) is 11.0. The van der Waals surface area contributed by atoms with Crippen molar-refractivity contribution in [2.45, 2.75) is 45.4 Å². The Hall–Kier alpha value is -3.46. The van der Waals surface area contributed by atoms with Crippen LogP contribution in [0.5, 0.6) is 0 Å². The zero-order valence-corrected chi connectivity index (χ0v) is 18.9. The summed E-state index contributed by atoms with van der Waals surface area (Å²) >= 11 is 0. The summed E-state index contributed by atoms with van der Waals surface area (Å²) in [5.41, 5.74) is 0.637. The highest BCUT2D eigenvalue weighted by atomic mass is 16.6. The number of furan rings is 1. The first-order chi connectivity index (χ1) is 15.8. The predicted molar refractivity (Wildman–Crippen MR) is 122 cm³/mol. The number of carbonyl (C=O) groups is 2. The molecule has 0 bridgehead atoms. The van der Waals surface area contributed by atoms with E-state index in [2.05, 4.69) is 0 Å². The highest BCUT2D eigenvalue weighted by Gasteiger charge is 2.26. The van der Waals surface area contributed by atoms with E-state index in [0.717, 1.165) is 12.8 Å². The lowest BCUT2D eigenvalue weighted by Gasteiger charge is -2.30. The van der Waals surface area contributed by atoms with E-state index in [1.807, 2.05) is 19.9 Å². The topological polar surface area (TPSA) is 106 Å². The van der Waals surface area contributed by atoms with Gasteiger partial charge < -0.3 is 19.0 Å². The number of hydrogen-bond acceptors (Lipinski definition) is 6. The van der Waals surface area contributed by atoms with Crippen LogP contribution in [0.15, 0.2) is 53.2 Å². The quantitative estimate of drug-likeness (QED) is 0.308. The van der Waals surface area contributed by atoms with Gasteiger partial charge in [0.1, 0.15) is 12.3 Å². The zero-order valence-electron chi connectivity index (χ0n) is 18.9. The molecule has 1 saturated heterocycles. The van der Waals surface area contributed by atoms with Crippen LogP contribution in [-0.4, -0.2) is 58.4 Å². The molecule has 1 aromatic heterocycles. The molecule has 176 valence electrons. The van der Waals surface area contributed by atoms with Crippen LogP contribution in [0.3, 0.4) is 0 Å². The second-order valence-corrected chi connectivity index (χ2v) is 8.23. The number of hydrogen-bond donors (Lipinski definition) is 0. The van der Waals surface area contributed by atoms with Gasteiger partial charge in [0.25, 0.3) is 5.69 Å². The maximum Gasteiger partial charge on any atom is 0.269 e. The minimum Gasteiger partial charge on any atom is -0.467 e. The molecule has 2 amide bonds. The number of nitrogens with zero attached hydrogens (tertiary/aromatic N) is 3. The first-order valence-electron chi connectivity index (χ1n) is 11.0. The largest absolute Gasteiger partial charge is 0.467 e. The summed E-state index contributed by atoms with van der Waals surface area (Å²) in [6.07, 6.45) is 6.38. The van der Waals surface area contributed by atoms with Crippen molar-refractivity contribution in [3.05, 3.63) is 70.2 Å². The van der Waals surface area contributed by atoms with E-state index in [4.69, 9.17) is 9.15 Å². The Morgan fingerprint density at radius 1 is 1.24 bits per heavy atom. The molecule has 1 aliphatic rings. The van der Waals surface area contributed by atoms with Gasteiger partial charge in [-0.1, -0.05) is 0 Å². The van der Waals surface area contributed by atoms with Gasteiger partial charge in [0, 0.05) is 37.4 Å². The van der Waals surface area contributed by atoms with Crippen LogP contribution in [0.25, 0.3) is 6.08 Å². The van der Waals surface area contributed by atoms with Crippen LogP contribution >= 0.6 is 0 Å². The van der Waals surface area contributed by atoms with Gasteiger partial charge in [-0.15, -0.1) is 0 Å². The van der Waals surface area contributed by atoms with Gasteiger partial charge in [-0.3, -0.25) is 19.7 Å². The van der Waals surface area contributed by atoms with E-state index >= 15 is 0 Å². The molecule has 0 N–H and O–H groups in total. The molecule has 2 heterocycles. The number of ether oxygens (including phenoxy) is 1. The van der Waals surface area contributed by atoms with Crippen molar-refractivity contribution in [2.24, 2.45) is 0 Å². The molecular formula is C24H29N3O6. The van der Waals surface area contributed by atoms with E-state index in [1.165, 1.54) is 23.1 Å². The van der Waals surface area contributed by atoms with Crippen LogP contribution in [0.2, 0.25) is 0 Å².